The van der Waals surface area contributed by atoms with Crippen molar-refractivity contribution in [1.29, 1.82) is 0 Å². The molecular weight excluding hydrogens is 360 g/mol. The predicted octanol–water partition coefficient (Wildman–Crippen LogP) is 3.43. The third-order valence-electron chi connectivity index (χ3n) is 6.03. The van der Waals surface area contributed by atoms with E-state index in [9.17, 15) is 4.79 Å². The number of carbonyl (C=O) groups is 1. The van der Waals surface area contributed by atoms with Crippen LogP contribution >= 0.6 is 0 Å². The number of hydrogen-bond donors (Lipinski definition) is 1. The Labute approximate surface area is 174 Å². The largest absolute Gasteiger partial charge is 0.374 e. The fourth-order valence-corrected chi connectivity index (χ4v) is 4.30. The molecule has 0 bridgehead atoms. The van der Waals surface area contributed by atoms with Gasteiger partial charge in [-0.15, -0.1) is 0 Å². The van der Waals surface area contributed by atoms with Crippen LogP contribution in [-0.2, 0) is 11.3 Å². The van der Waals surface area contributed by atoms with Crippen LogP contribution in [0.5, 0.6) is 0 Å². The molecule has 2 saturated heterocycles. The minimum Gasteiger partial charge on any atom is -0.374 e. The molecule has 4 rings (SSSR count). The topological polar surface area (TPSA) is 38.8 Å². The van der Waals surface area contributed by atoms with Crippen LogP contribution in [0.2, 0.25) is 0 Å². The van der Waals surface area contributed by atoms with Crippen LogP contribution < -0.4 is 10.2 Å². The van der Waals surface area contributed by atoms with Crippen molar-refractivity contribution in [1.82, 2.24) is 9.80 Å². The Kier molecular flexibility index (Phi) is 6.35. The fraction of sp³-hybridized carbons (Fsp3) is 0.458. The van der Waals surface area contributed by atoms with Crippen molar-refractivity contribution in [3.05, 3.63) is 60.2 Å². The minimum atomic E-state index is -0.180. The van der Waals surface area contributed by atoms with Gasteiger partial charge in [0.2, 0.25) is 5.91 Å². The molecule has 0 aromatic heterocycles. The van der Waals surface area contributed by atoms with E-state index in [2.05, 4.69) is 69.7 Å². The summed E-state index contributed by atoms with van der Waals surface area (Å²) in [7, 11) is 0. The highest BCUT2D eigenvalue weighted by molar-refractivity contribution is 5.84. The van der Waals surface area contributed by atoms with E-state index < -0.39 is 0 Å². The first-order valence-corrected chi connectivity index (χ1v) is 10.9. The molecule has 2 aromatic rings. The second-order valence-corrected chi connectivity index (χ2v) is 8.19. The molecule has 2 aromatic carbocycles. The number of anilines is 2. The number of piperazine rings is 1. The van der Waals surface area contributed by atoms with E-state index in [-0.39, 0.29) is 11.9 Å². The van der Waals surface area contributed by atoms with E-state index in [1.165, 1.54) is 11.3 Å². The van der Waals surface area contributed by atoms with Gasteiger partial charge in [-0.1, -0.05) is 30.3 Å². The molecular formula is C24H32N4O. The molecule has 0 spiro atoms. The number of amides is 1. The van der Waals surface area contributed by atoms with Gasteiger partial charge in [0.1, 0.15) is 6.04 Å². The van der Waals surface area contributed by atoms with Gasteiger partial charge < -0.3 is 15.1 Å². The molecule has 1 unspecified atom stereocenters. The number of hydrogen-bond acceptors (Lipinski definition) is 4. The van der Waals surface area contributed by atoms with Gasteiger partial charge in [0.05, 0.1) is 0 Å². The Hall–Kier alpha value is -2.53. The molecule has 1 N–H and O–H groups in total. The molecule has 2 heterocycles. The Balaban J connectivity index is 1.26. The van der Waals surface area contributed by atoms with Crippen molar-refractivity contribution in [2.45, 2.75) is 32.4 Å². The summed E-state index contributed by atoms with van der Waals surface area (Å²) in [6.45, 7) is 9.04. The van der Waals surface area contributed by atoms with Crippen molar-refractivity contribution < 1.29 is 4.79 Å². The summed E-state index contributed by atoms with van der Waals surface area (Å²) in [5, 5.41) is 3.37. The van der Waals surface area contributed by atoms with Crippen molar-refractivity contribution in [2.75, 3.05) is 49.5 Å². The minimum absolute atomic E-state index is 0.180. The number of nitrogens with zero attached hydrogens (tertiary/aromatic N) is 3. The van der Waals surface area contributed by atoms with Crippen LogP contribution in [-0.4, -0.2) is 61.0 Å². The van der Waals surface area contributed by atoms with Gasteiger partial charge in [-0.05, 0) is 49.6 Å². The molecule has 5 heteroatoms. The molecule has 1 amide bonds. The lowest BCUT2D eigenvalue weighted by Gasteiger charge is -2.36. The van der Waals surface area contributed by atoms with E-state index in [1.807, 2.05) is 11.8 Å². The van der Waals surface area contributed by atoms with Crippen LogP contribution in [0.25, 0.3) is 0 Å². The molecule has 2 fully saturated rings. The van der Waals surface area contributed by atoms with Crippen LogP contribution in [0.15, 0.2) is 54.6 Å². The summed E-state index contributed by atoms with van der Waals surface area (Å²) < 4.78 is 0. The number of nitrogens with one attached hydrogen (secondary N) is 1. The quantitative estimate of drug-likeness (QED) is 0.818. The van der Waals surface area contributed by atoms with Gasteiger partial charge in [-0.2, -0.15) is 0 Å². The molecule has 2 aliphatic heterocycles. The average Bonchev–Trinajstić information content (AvgIpc) is 3.30. The number of likely N-dealkylation sites (tertiary alicyclic amines) is 1. The molecule has 29 heavy (non-hydrogen) atoms. The van der Waals surface area contributed by atoms with Crippen molar-refractivity contribution in [2.24, 2.45) is 0 Å². The van der Waals surface area contributed by atoms with E-state index in [4.69, 9.17) is 0 Å². The number of rotatable bonds is 6. The van der Waals surface area contributed by atoms with Gasteiger partial charge in [-0.25, -0.2) is 0 Å². The highest BCUT2D eigenvalue weighted by Gasteiger charge is 2.23. The number of carbonyl (C=O) groups excluding carboxylic acids is 1. The third kappa shape index (κ3) is 5.10. The summed E-state index contributed by atoms with van der Waals surface area (Å²) in [5.74, 6) is 0.209. The Morgan fingerprint density at radius 2 is 1.55 bits per heavy atom. The SMILES string of the molecule is CC(Nc1ccc(N2CCN(Cc3ccccc3)CC2)cc1)C(=O)N1CCCC1. The highest BCUT2D eigenvalue weighted by Crippen LogP contribution is 2.21. The van der Waals surface area contributed by atoms with Crippen molar-refractivity contribution >= 4 is 17.3 Å². The van der Waals surface area contributed by atoms with Gasteiger partial charge in [-0.3, -0.25) is 9.69 Å². The van der Waals surface area contributed by atoms with Crippen LogP contribution in [0, 0.1) is 0 Å². The monoisotopic (exact) mass is 392 g/mol. The normalized spacial score (nSPS) is 18.7. The summed E-state index contributed by atoms with van der Waals surface area (Å²) in [5.41, 5.74) is 3.65. The van der Waals surface area contributed by atoms with Crippen LogP contribution in [0.1, 0.15) is 25.3 Å². The second kappa shape index (κ2) is 9.31. The average molecular weight is 393 g/mol. The summed E-state index contributed by atoms with van der Waals surface area (Å²) in [4.78, 5) is 19.4. The Morgan fingerprint density at radius 3 is 2.21 bits per heavy atom. The highest BCUT2D eigenvalue weighted by atomic mass is 16.2. The Morgan fingerprint density at radius 1 is 0.897 bits per heavy atom. The first-order chi connectivity index (χ1) is 14.2. The summed E-state index contributed by atoms with van der Waals surface area (Å²) >= 11 is 0. The molecule has 154 valence electrons. The zero-order chi connectivity index (χ0) is 20.1. The third-order valence-corrected chi connectivity index (χ3v) is 6.03. The van der Waals surface area contributed by atoms with Crippen molar-refractivity contribution in [3.8, 4) is 0 Å². The maximum Gasteiger partial charge on any atom is 0.244 e. The fourth-order valence-electron chi connectivity index (χ4n) is 4.30. The zero-order valence-electron chi connectivity index (χ0n) is 17.4. The zero-order valence-corrected chi connectivity index (χ0v) is 17.4. The lowest BCUT2D eigenvalue weighted by molar-refractivity contribution is -0.130. The lowest BCUT2D eigenvalue weighted by atomic mass is 10.2. The Bertz CT molecular complexity index is 778. The van der Waals surface area contributed by atoms with Gasteiger partial charge in [0, 0.05) is 57.2 Å². The van der Waals surface area contributed by atoms with Crippen LogP contribution in [0.3, 0.4) is 0 Å². The van der Waals surface area contributed by atoms with Gasteiger partial charge in [0.25, 0.3) is 0 Å². The molecule has 1 atom stereocenters. The first-order valence-electron chi connectivity index (χ1n) is 10.9. The maximum absolute atomic E-state index is 12.5. The van der Waals surface area contributed by atoms with Gasteiger partial charge in [0.15, 0.2) is 0 Å². The molecule has 0 saturated carbocycles. The lowest BCUT2D eigenvalue weighted by Crippen LogP contribution is -2.45. The smallest absolute Gasteiger partial charge is 0.244 e. The molecule has 5 nitrogen and oxygen atoms in total. The van der Waals surface area contributed by atoms with Crippen LogP contribution in [0.4, 0.5) is 11.4 Å². The standard InChI is InChI=1S/C24H32N4O/c1-20(24(29)28-13-5-6-14-28)25-22-9-11-23(12-10-22)27-17-15-26(16-18-27)19-21-7-3-2-4-8-21/h2-4,7-12,20,25H,5-6,13-19H2,1H3. The molecule has 2 aliphatic rings. The van der Waals surface area contributed by atoms with E-state index in [0.29, 0.717) is 0 Å². The summed E-state index contributed by atoms with van der Waals surface area (Å²) in [6, 6.07) is 19.1. The van der Waals surface area contributed by atoms with Crippen molar-refractivity contribution in [3.63, 3.8) is 0 Å². The predicted molar refractivity (Wildman–Crippen MR) is 119 cm³/mol. The molecule has 0 aliphatic carbocycles. The summed E-state index contributed by atoms with van der Waals surface area (Å²) in [6.07, 6.45) is 2.26. The maximum atomic E-state index is 12.5. The van der Waals surface area contributed by atoms with E-state index >= 15 is 0 Å². The van der Waals surface area contributed by atoms with E-state index in [0.717, 1.165) is 64.3 Å². The second-order valence-electron chi connectivity index (χ2n) is 8.19. The number of benzene rings is 2. The van der Waals surface area contributed by atoms with Gasteiger partial charge >= 0.3 is 0 Å². The first kappa shape index (κ1) is 19.8. The molecule has 0 radical (unpaired) electrons. The van der Waals surface area contributed by atoms with E-state index in [1.54, 1.807) is 0 Å².